The largest absolute Gasteiger partial charge is 0.294 e. The molecule has 1 aliphatic rings. The summed E-state index contributed by atoms with van der Waals surface area (Å²) in [6.45, 7) is 8.53. The van der Waals surface area contributed by atoms with Crippen molar-refractivity contribution in [3.05, 3.63) is 29.1 Å². The molecule has 16 heavy (non-hydrogen) atoms. The molecule has 0 aromatic carbocycles. The van der Waals surface area contributed by atoms with Gasteiger partial charge in [0.1, 0.15) is 0 Å². The van der Waals surface area contributed by atoms with Crippen LogP contribution in [-0.4, -0.2) is 10.8 Å². The van der Waals surface area contributed by atoms with Crippen LogP contribution >= 0.6 is 0 Å². The van der Waals surface area contributed by atoms with E-state index in [4.69, 9.17) is 0 Å². The van der Waals surface area contributed by atoms with Crippen LogP contribution in [0.1, 0.15) is 61.8 Å². The summed E-state index contributed by atoms with van der Waals surface area (Å²) >= 11 is 0. The van der Waals surface area contributed by atoms with E-state index in [1.165, 1.54) is 0 Å². The zero-order valence-corrected chi connectivity index (χ0v) is 10.5. The van der Waals surface area contributed by atoms with Crippen molar-refractivity contribution in [1.29, 1.82) is 0 Å². The van der Waals surface area contributed by atoms with Gasteiger partial charge in [-0.05, 0) is 29.9 Å². The van der Waals surface area contributed by atoms with Crippen LogP contribution in [-0.2, 0) is 6.42 Å². The average Bonchev–Trinajstić information content (AvgIpc) is 2.14. The number of Topliss-reactive ketones (excluding diaryl/α,β-unsaturated/α-hetero) is 1. The van der Waals surface area contributed by atoms with Crippen LogP contribution in [0.15, 0.2) is 12.1 Å². The van der Waals surface area contributed by atoms with Crippen LogP contribution < -0.4 is 0 Å². The first-order valence-electron chi connectivity index (χ1n) is 5.92. The number of ketones is 1. The normalized spacial score (nSPS) is 18.7. The van der Waals surface area contributed by atoms with Gasteiger partial charge in [-0.25, -0.2) is 0 Å². The average molecular weight is 217 g/mol. The Balaban J connectivity index is 2.46. The molecule has 0 radical (unpaired) electrons. The summed E-state index contributed by atoms with van der Waals surface area (Å²) in [4.78, 5) is 16.6. The molecule has 0 N–H and O–H groups in total. The van der Waals surface area contributed by atoms with E-state index in [0.29, 0.717) is 12.3 Å². The standard InChI is InChI=1S/C14H19NO/c1-9(2)11-6-5-10-12(15-11)7-14(3,4)8-13(10)16/h5-6,9H,7-8H2,1-4H3. The van der Waals surface area contributed by atoms with E-state index in [0.717, 1.165) is 23.4 Å². The Morgan fingerprint density at radius 1 is 1.25 bits per heavy atom. The third-order valence-electron chi connectivity index (χ3n) is 3.17. The highest BCUT2D eigenvalue weighted by molar-refractivity contribution is 5.98. The second-order valence-electron chi connectivity index (χ2n) is 5.83. The molecule has 0 unspecified atom stereocenters. The van der Waals surface area contributed by atoms with E-state index in [-0.39, 0.29) is 11.2 Å². The molecule has 0 atom stereocenters. The minimum Gasteiger partial charge on any atom is -0.294 e. The summed E-state index contributed by atoms with van der Waals surface area (Å²) in [5.41, 5.74) is 2.98. The Labute approximate surface area is 97.1 Å². The van der Waals surface area contributed by atoms with Crippen LogP contribution in [0.2, 0.25) is 0 Å². The Morgan fingerprint density at radius 2 is 1.94 bits per heavy atom. The summed E-state index contributed by atoms with van der Waals surface area (Å²) in [5, 5.41) is 0. The highest BCUT2D eigenvalue weighted by Crippen LogP contribution is 2.34. The number of fused-ring (bicyclic) bond motifs is 1. The van der Waals surface area contributed by atoms with Gasteiger partial charge in [0, 0.05) is 17.7 Å². The second kappa shape index (κ2) is 3.69. The molecule has 0 saturated heterocycles. The van der Waals surface area contributed by atoms with Crippen LogP contribution in [0, 0.1) is 5.41 Å². The van der Waals surface area contributed by atoms with E-state index in [1.54, 1.807) is 0 Å². The van der Waals surface area contributed by atoms with Gasteiger partial charge >= 0.3 is 0 Å². The topological polar surface area (TPSA) is 30.0 Å². The number of pyridine rings is 1. The van der Waals surface area contributed by atoms with Gasteiger partial charge in [-0.1, -0.05) is 27.7 Å². The Kier molecular flexibility index (Phi) is 2.61. The Bertz CT molecular complexity index is 432. The summed E-state index contributed by atoms with van der Waals surface area (Å²) in [6, 6.07) is 3.94. The Morgan fingerprint density at radius 3 is 2.56 bits per heavy atom. The maximum atomic E-state index is 11.9. The molecule has 0 amide bonds. The fourth-order valence-electron chi connectivity index (χ4n) is 2.27. The number of hydrogen-bond donors (Lipinski definition) is 0. The van der Waals surface area contributed by atoms with Crippen molar-refractivity contribution in [3.63, 3.8) is 0 Å². The van der Waals surface area contributed by atoms with Gasteiger partial charge in [-0.3, -0.25) is 9.78 Å². The van der Waals surface area contributed by atoms with Crippen LogP contribution in [0.3, 0.4) is 0 Å². The SMILES string of the molecule is CC(C)c1ccc2c(n1)CC(C)(C)CC2=O. The number of carbonyl (C=O) groups is 1. The molecule has 0 fully saturated rings. The lowest BCUT2D eigenvalue weighted by molar-refractivity contribution is 0.0910. The van der Waals surface area contributed by atoms with Gasteiger partial charge in [-0.2, -0.15) is 0 Å². The van der Waals surface area contributed by atoms with Gasteiger partial charge < -0.3 is 0 Å². The van der Waals surface area contributed by atoms with Crippen LogP contribution in [0.5, 0.6) is 0 Å². The Hall–Kier alpha value is -1.18. The van der Waals surface area contributed by atoms with Crippen LogP contribution in [0.25, 0.3) is 0 Å². The number of rotatable bonds is 1. The predicted molar refractivity (Wildman–Crippen MR) is 64.8 cm³/mol. The first-order valence-corrected chi connectivity index (χ1v) is 5.92. The van der Waals surface area contributed by atoms with Crippen molar-refractivity contribution in [2.75, 3.05) is 0 Å². The highest BCUT2D eigenvalue weighted by atomic mass is 16.1. The molecule has 2 nitrogen and oxygen atoms in total. The minimum atomic E-state index is 0.0622. The van der Waals surface area contributed by atoms with Gasteiger partial charge in [0.25, 0.3) is 0 Å². The van der Waals surface area contributed by atoms with Gasteiger partial charge in [0.15, 0.2) is 5.78 Å². The number of aromatic nitrogens is 1. The summed E-state index contributed by atoms with van der Waals surface area (Å²) in [7, 11) is 0. The van der Waals surface area contributed by atoms with Gasteiger partial charge in [0.05, 0.1) is 5.69 Å². The van der Waals surface area contributed by atoms with E-state index in [2.05, 4.69) is 32.7 Å². The van der Waals surface area contributed by atoms with Crippen molar-refractivity contribution < 1.29 is 4.79 Å². The molecule has 0 spiro atoms. The lowest BCUT2D eigenvalue weighted by Gasteiger charge is -2.29. The summed E-state index contributed by atoms with van der Waals surface area (Å²) in [6.07, 6.45) is 1.55. The zero-order valence-electron chi connectivity index (χ0n) is 10.5. The molecule has 2 heteroatoms. The molecule has 1 aromatic rings. The number of hydrogen-bond acceptors (Lipinski definition) is 2. The van der Waals surface area contributed by atoms with E-state index < -0.39 is 0 Å². The smallest absolute Gasteiger partial charge is 0.165 e. The van der Waals surface area contributed by atoms with E-state index in [1.807, 2.05) is 12.1 Å². The fourth-order valence-corrected chi connectivity index (χ4v) is 2.27. The molecule has 1 aliphatic carbocycles. The van der Waals surface area contributed by atoms with Crippen molar-refractivity contribution >= 4 is 5.78 Å². The first-order chi connectivity index (χ1) is 7.39. The lowest BCUT2D eigenvalue weighted by atomic mass is 9.75. The first kappa shape index (κ1) is 11.3. The number of nitrogens with zero attached hydrogens (tertiary/aromatic N) is 1. The third kappa shape index (κ3) is 2.01. The molecule has 0 aliphatic heterocycles. The minimum absolute atomic E-state index is 0.0622. The van der Waals surface area contributed by atoms with Crippen molar-refractivity contribution in [3.8, 4) is 0 Å². The quantitative estimate of drug-likeness (QED) is 0.722. The second-order valence-corrected chi connectivity index (χ2v) is 5.83. The van der Waals surface area contributed by atoms with Gasteiger partial charge in [-0.15, -0.1) is 0 Å². The monoisotopic (exact) mass is 217 g/mol. The molecule has 0 bridgehead atoms. The zero-order chi connectivity index (χ0) is 11.9. The van der Waals surface area contributed by atoms with Gasteiger partial charge in [0.2, 0.25) is 0 Å². The maximum absolute atomic E-state index is 11.9. The maximum Gasteiger partial charge on any atom is 0.165 e. The summed E-state index contributed by atoms with van der Waals surface area (Å²) < 4.78 is 0. The molecule has 0 saturated carbocycles. The molecular formula is C14H19NO. The summed E-state index contributed by atoms with van der Waals surface area (Å²) in [5.74, 6) is 0.666. The van der Waals surface area contributed by atoms with Crippen molar-refractivity contribution in [2.45, 2.75) is 46.5 Å². The number of carbonyl (C=O) groups excluding carboxylic acids is 1. The van der Waals surface area contributed by atoms with Crippen molar-refractivity contribution in [1.82, 2.24) is 4.98 Å². The molecule has 2 rings (SSSR count). The van der Waals surface area contributed by atoms with E-state index in [9.17, 15) is 4.79 Å². The molecule has 1 heterocycles. The molecular weight excluding hydrogens is 198 g/mol. The van der Waals surface area contributed by atoms with E-state index >= 15 is 0 Å². The third-order valence-corrected chi connectivity index (χ3v) is 3.17. The molecule has 1 aromatic heterocycles. The predicted octanol–water partition coefficient (Wildman–Crippen LogP) is 3.36. The highest BCUT2D eigenvalue weighted by Gasteiger charge is 2.31. The lowest BCUT2D eigenvalue weighted by Crippen LogP contribution is -2.28. The van der Waals surface area contributed by atoms with Crippen LogP contribution in [0.4, 0.5) is 0 Å². The fraction of sp³-hybridized carbons (Fsp3) is 0.571. The molecule has 86 valence electrons. The van der Waals surface area contributed by atoms with Crippen molar-refractivity contribution in [2.24, 2.45) is 5.41 Å².